The third-order valence-electron chi connectivity index (χ3n) is 6.60. The average molecular weight is 557 g/mol. The van der Waals surface area contributed by atoms with E-state index in [-0.39, 0.29) is 23.7 Å². The highest BCUT2D eigenvalue weighted by Crippen LogP contribution is 2.35. The van der Waals surface area contributed by atoms with Gasteiger partial charge in [0.1, 0.15) is 18.5 Å². The molecule has 0 unspecified atom stereocenters. The maximum atomic E-state index is 12.4. The standard InChI is InChI=1S/C29H36N2O7S/c1-29(2)36-21-24-19-23(14-15-25(24)38-29)26-20-31(28(32)37-26)16-8-3-4-9-17-35-18-10-7-12-22-11-5-6-13-27(22)39(30,33)34/h5-6,11,13-15,19,26H,3-4,8-9,12,16-18,20-21H2,1-2H3,(H2,30,33,34)/t26-/m0/s1. The molecular formula is C29H36N2O7S. The normalized spacial score (nSPS) is 18.1. The zero-order chi connectivity index (χ0) is 27.9. The first kappa shape index (κ1) is 28.9. The average Bonchev–Trinajstić information content (AvgIpc) is 3.26. The van der Waals surface area contributed by atoms with Crippen LogP contribution >= 0.6 is 0 Å². The molecule has 0 aromatic heterocycles. The molecule has 2 N–H and O–H groups in total. The summed E-state index contributed by atoms with van der Waals surface area (Å²) in [6.45, 7) is 6.31. The highest BCUT2D eigenvalue weighted by atomic mass is 32.2. The number of carbonyl (C=O) groups is 1. The largest absolute Gasteiger partial charge is 0.463 e. The minimum absolute atomic E-state index is 0.103. The molecule has 0 saturated carbocycles. The van der Waals surface area contributed by atoms with Crippen LogP contribution in [0.15, 0.2) is 47.4 Å². The summed E-state index contributed by atoms with van der Waals surface area (Å²) in [6.07, 6.45) is 3.49. The number of hydrogen-bond acceptors (Lipinski definition) is 7. The fourth-order valence-corrected chi connectivity index (χ4v) is 5.32. The van der Waals surface area contributed by atoms with Crippen LogP contribution in [0.1, 0.15) is 62.3 Å². The molecule has 2 heterocycles. The van der Waals surface area contributed by atoms with Crippen molar-refractivity contribution in [2.75, 3.05) is 26.3 Å². The number of cyclic esters (lactones) is 1. The molecule has 2 aromatic carbocycles. The lowest BCUT2D eigenvalue weighted by Gasteiger charge is -2.32. The van der Waals surface area contributed by atoms with Gasteiger partial charge in [0, 0.05) is 39.0 Å². The first-order valence-corrected chi connectivity index (χ1v) is 14.7. The number of ether oxygens (including phenoxy) is 4. The minimum atomic E-state index is -3.76. The van der Waals surface area contributed by atoms with E-state index in [9.17, 15) is 13.2 Å². The van der Waals surface area contributed by atoms with Crippen LogP contribution < -0.4 is 9.88 Å². The van der Waals surface area contributed by atoms with Gasteiger partial charge in [-0.15, -0.1) is 0 Å². The Hall–Kier alpha value is -3.10. The number of fused-ring (bicyclic) bond motifs is 1. The fraction of sp³-hybridized carbons (Fsp3) is 0.483. The number of carbonyl (C=O) groups excluding carboxylic acids is 1. The molecule has 39 heavy (non-hydrogen) atoms. The zero-order valence-electron chi connectivity index (χ0n) is 22.5. The number of benzene rings is 2. The van der Waals surface area contributed by atoms with E-state index >= 15 is 0 Å². The monoisotopic (exact) mass is 556 g/mol. The Morgan fingerprint density at radius 1 is 1.10 bits per heavy atom. The van der Waals surface area contributed by atoms with Crippen LogP contribution in [0, 0.1) is 11.8 Å². The van der Waals surface area contributed by atoms with Gasteiger partial charge >= 0.3 is 6.09 Å². The first-order valence-electron chi connectivity index (χ1n) is 13.2. The number of primary sulfonamides is 1. The SMILES string of the molecule is CC1(C)OCc2cc([C@@H]3CN(CCCCCCOCC#CCc4ccccc4S(N)(=O)=O)C(=O)O3)ccc2O1. The topological polar surface area (TPSA) is 117 Å². The van der Waals surface area contributed by atoms with Crippen molar-refractivity contribution >= 4 is 16.1 Å². The molecule has 4 rings (SSSR count). The van der Waals surface area contributed by atoms with Crippen LogP contribution in [0.4, 0.5) is 4.79 Å². The summed E-state index contributed by atoms with van der Waals surface area (Å²) >= 11 is 0. The summed E-state index contributed by atoms with van der Waals surface area (Å²) in [6, 6.07) is 12.5. The minimum Gasteiger partial charge on any atom is -0.463 e. The smallest absolute Gasteiger partial charge is 0.410 e. The molecule has 0 bridgehead atoms. The Balaban J connectivity index is 1.09. The summed E-state index contributed by atoms with van der Waals surface area (Å²) in [7, 11) is -3.76. The van der Waals surface area contributed by atoms with E-state index in [1.54, 1.807) is 23.1 Å². The van der Waals surface area contributed by atoms with Crippen molar-refractivity contribution in [3.63, 3.8) is 0 Å². The van der Waals surface area contributed by atoms with Gasteiger partial charge in [0.2, 0.25) is 15.8 Å². The number of sulfonamides is 1. The van der Waals surface area contributed by atoms with Crippen molar-refractivity contribution in [1.82, 2.24) is 4.90 Å². The second-order valence-electron chi connectivity index (χ2n) is 10.1. The molecule has 1 fully saturated rings. The number of nitrogens with zero attached hydrogens (tertiary/aromatic N) is 1. The second kappa shape index (κ2) is 12.8. The third kappa shape index (κ3) is 8.19. The van der Waals surface area contributed by atoms with Crippen molar-refractivity contribution < 1.29 is 32.2 Å². The predicted octanol–water partition coefficient (Wildman–Crippen LogP) is 4.30. The Labute approximate surface area is 230 Å². The summed E-state index contributed by atoms with van der Waals surface area (Å²) in [4.78, 5) is 14.2. The number of hydrogen-bond donors (Lipinski definition) is 1. The summed E-state index contributed by atoms with van der Waals surface area (Å²) in [5.41, 5.74) is 2.49. The second-order valence-corrected chi connectivity index (χ2v) is 11.7. The van der Waals surface area contributed by atoms with Gasteiger partial charge in [-0.1, -0.05) is 48.9 Å². The van der Waals surface area contributed by atoms with Crippen molar-refractivity contribution in [3.05, 3.63) is 59.2 Å². The van der Waals surface area contributed by atoms with Crippen LogP contribution in [0.3, 0.4) is 0 Å². The molecule has 0 spiro atoms. The van der Waals surface area contributed by atoms with E-state index in [1.165, 1.54) is 6.07 Å². The highest BCUT2D eigenvalue weighted by molar-refractivity contribution is 7.89. The van der Waals surface area contributed by atoms with E-state index in [0.29, 0.717) is 38.3 Å². The van der Waals surface area contributed by atoms with Crippen molar-refractivity contribution in [1.29, 1.82) is 0 Å². The van der Waals surface area contributed by atoms with Gasteiger partial charge in [0.15, 0.2) is 0 Å². The Bertz CT molecular complexity index is 1330. The van der Waals surface area contributed by atoms with Gasteiger partial charge < -0.3 is 23.8 Å². The van der Waals surface area contributed by atoms with Crippen molar-refractivity contribution in [2.45, 2.75) is 69.3 Å². The molecule has 2 aliphatic heterocycles. The lowest BCUT2D eigenvalue weighted by molar-refractivity contribution is -0.180. The number of amides is 1. The third-order valence-corrected chi connectivity index (χ3v) is 7.61. The number of rotatable bonds is 11. The Morgan fingerprint density at radius 3 is 2.72 bits per heavy atom. The molecule has 9 nitrogen and oxygen atoms in total. The van der Waals surface area contributed by atoms with Crippen molar-refractivity contribution in [2.24, 2.45) is 5.14 Å². The van der Waals surface area contributed by atoms with Crippen molar-refractivity contribution in [3.8, 4) is 17.6 Å². The lowest BCUT2D eigenvalue weighted by atomic mass is 10.0. The van der Waals surface area contributed by atoms with E-state index in [0.717, 1.165) is 42.6 Å². The molecule has 1 amide bonds. The van der Waals surface area contributed by atoms with Gasteiger partial charge in [0.05, 0.1) is 18.0 Å². The van der Waals surface area contributed by atoms with Gasteiger partial charge in [-0.2, -0.15) is 0 Å². The maximum Gasteiger partial charge on any atom is 0.410 e. The summed E-state index contributed by atoms with van der Waals surface area (Å²) in [5, 5.41) is 5.24. The number of nitrogens with two attached hydrogens (primary N) is 1. The molecule has 2 aliphatic rings. The number of unbranched alkanes of at least 4 members (excludes halogenated alkanes) is 3. The maximum absolute atomic E-state index is 12.4. The van der Waals surface area contributed by atoms with Crippen LogP contribution in [-0.2, 0) is 37.3 Å². The molecule has 1 saturated heterocycles. The molecule has 210 valence electrons. The quantitative estimate of drug-likeness (QED) is 0.324. The van der Waals surface area contributed by atoms with Crippen LogP contribution in [-0.4, -0.2) is 51.5 Å². The predicted molar refractivity (Wildman–Crippen MR) is 145 cm³/mol. The van der Waals surface area contributed by atoms with E-state index in [2.05, 4.69) is 11.8 Å². The Kier molecular flexibility index (Phi) is 9.51. The van der Waals surface area contributed by atoms with Crippen LogP contribution in [0.25, 0.3) is 0 Å². The summed E-state index contributed by atoms with van der Waals surface area (Å²) < 4.78 is 46.0. The van der Waals surface area contributed by atoms with E-state index < -0.39 is 15.8 Å². The zero-order valence-corrected chi connectivity index (χ0v) is 23.3. The van der Waals surface area contributed by atoms with Gasteiger partial charge in [-0.3, -0.25) is 0 Å². The molecule has 1 atom stereocenters. The van der Waals surface area contributed by atoms with Crippen LogP contribution in [0.2, 0.25) is 0 Å². The van der Waals surface area contributed by atoms with Gasteiger partial charge in [-0.25, -0.2) is 18.4 Å². The first-order chi connectivity index (χ1) is 18.6. The molecular weight excluding hydrogens is 520 g/mol. The lowest BCUT2D eigenvalue weighted by Crippen LogP contribution is -2.35. The van der Waals surface area contributed by atoms with Crippen LogP contribution in [0.5, 0.6) is 5.75 Å². The van der Waals surface area contributed by atoms with Gasteiger partial charge in [-0.05, 0) is 42.2 Å². The summed E-state index contributed by atoms with van der Waals surface area (Å²) in [5.74, 6) is 6.02. The van der Waals surface area contributed by atoms with E-state index in [1.807, 2.05) is 32.0 Å². The molecule has 0 aliphatic carbocycles. The van der Waals surface area contributed by atoms with Gasteiger partial charge in [0.25, 0.3) is 0 Å². The molecule has 10 heteroatoms. The fourth-order valence-electron chi connectivity index (χ4n) is 4.54. The highest BCUT2D eigenvalue weighted by Gasteiger charge is 2.33. The van der Waals surface area contributed by atoms with E-state index in [4.69, 9.17) is 24.1 Å². The Morgan fingerprint density at radius 2 is 1.90 bits per heavy atom. The molecule has 0 radical (unpaired) electrons. The molecule has 2 aromatic rings.